The molecule has 3 nitrogen and oxygen atoms in total. The third kappa shape index (κ3) is 4.04. The zero-order valence-electron chi connectivity index (χ0n) is 10.2. The highest BCUT2D eigenvalue weighted by Gasteiger charge is 2.02. The van der Waals surface area contributed by atoms with Crippen molar-refractivity contribution in [1.82, 2.24) is 15.1 Å². The lowest BCUT2D eigenvalue weighted by Crippen LogP contribution is -2.22. The van der Waals surface area contributed by atoms with Gasteiger partial charge in [0, 0.05) is 19.3 Å². The second-order valence-electron chi connectivity index (χ2n) is 4.19. The van der Waals surface area contributed by atoms with Crippen molar-refractivity contribution in [2.75, 3.05) is 6.54 Å². The van der Waals surface area contributed by atoms with Gasteiger partial charge in [-0.15, -0.1) is 0 Å². The predicted octanol–water partition coefficient (Wildman–Crippen LogP) is 2.43. The predicted molar refractivity (Wildman–Crippen MR) is 63.7 cm³/mol. The molecular weight excluding hydrogens is 186 g/mol. The van der Waals surface area contributed by atoms with E-state index in [4.69, 9.17) is 0 Å². The van der Waals surface area contributed by atoms with Crippen LogP contribution in [0.15, 0.2) is 12.3 Å². The summed E-state index contributed by atoms with van der Waals surface area (Å²) in [5.41, 5.74) is 1.29. The molecule has 0 amide bonds. The van der Waals surface area contributed by atoms with Gasteiger partial charge >= 0.3 is 0 Å². The van der Waals surface area contributed by atoms with E-state index in [1.807, 2.05) is 6.20 Å². The Balaban J connectivity index is 2.33. The van der Waals surface area contributed by atoms with Crippen LogP contribution in [0.1, 0.15) is 39.3 Å². The summed E-state index contributed by atoms with van der Waals surface area (Å²) >= 11 is 0. The topological polar surface area (TPSA) is 29.9 Å². The van der Waals surface area contributed by atoms with E-state index >= 15 is 0 Å². The van der Waals surface area contributed by atoms with Gasteiger partial charge in [-0.25, -0.2) is 0 Å². The average molecular weight is 209 g/mol. The lowest BCUT2D eigenvalue weighted by atomic mass is 10.1. The average Bonchev–Trinajstić information content (AvgIpc) is 2.66. The molecule has 0 aliphatic rings. The molecule has 1 aromatic rings. The van der Waals surface area contributed by atoms with E-state index < -0.39 is 0 Å². The van der Waals surface area contributed by atoms with Crippen molar-refractivity contribution in [3.63, 3.8) is 0 Å². The van der Waals surface area contributed by atoms with E-state index in [2.05, 4.69) is 41.9 Å². The molecule has 1 heterocycles. The monoisotopic (exact) mass is 209 g/mol. The molecule has 0 spiro atoms. The van der Waals surface area contributed by atoms with E-state index in [-0.39, 0.29) is 0 Å². The summed E-state index contributed by atoms with van der Waals surface area (Å²) in [5.74, 6) is 0.757. The highest BCUT2D eigenvalue weighted by molar-refractivity contribution is 4.99. The Morgan fingerprint density at radius 3 is 2.93 bits per heavy atom. The van der Waals surface area contributed by atoms with E-state index in [9.17, 15) is 0 Å². The maximum atomic E-state index is 4.30. The van der Waals surface area contributed by atoms with Crippen molar-refractivity contribution in [2.24, 2.45) is 5.92 Å². The molecule has 0 aliphatic heterocycles. The molecule has 3 heteroatoms. The first-order chi connectivity index (χ1) is 7.27. The third-order valence-corrected chi connectivity index (χ3v) is 2.74. The van der Waals surface area contributed by atoms with Crippen molar-refractivity contribution in [2.45, 2.75) is 46.7 Å². The Labute approximate surface area is 92.9 Å². The van der Waals surface area contributed by atoms with Crippen LogP contribution in [-0.4, -0.2) is 16.3 Å². The fraction of sp³-hybridized carbons (Fsp3) is 0.750. The van der Waals surface area contributed by atoms with E-state index in [1.165, 1.54) is 12.1 Å². The summed E-state index contributed by atoms with van der Waals surface area (Å²) in [6, 6.07) is 2.10. The standard InChI is InChI=1S/C12H23N3/c1-4-8-15-12(6-7-14-15)10-13-9-11(3)5-2/h6-7,11,13H,4-5,8-10H2,1-3H3. The minimum Gasteiger partial charge on any atom is -0.311 e. The minimum absolute atomic E-state index is 0.757. The molecule has 0 radical (unpaired) electrons. The number of aromatic nitrogens is 2. The molecule has 1 atom stereocenters. The highest BCUT2D eigenvalue weighted by atomic mass is 15.3. The van der Waals surface area contributed by atoms with Crippen LogP contribution >= 0.6 is 0 Å². The summed E-state index contributed by atoms with van der Waals surface area (Å²) in [5, 5.41) is 7.78. The molecule has 0 saturated heterocycles. The van der Waals surface area contributed by atoms with Crippen LogP contribution in [0.25, 0.3) is 0 Å². The van der Waals surface area contributed by atoms with E-state index in [0.29, 0.717) is 0 Å². The molecule has 15 heavy (non-hydrogen) atoms. The highest BCUT2D eigenvalue weighted by Crippen LogP contribution is 2.02. The van der Waals surface area contributed by atoms with Gasteiger partial charge in [-0.3, -0.25) is 4.68 Å². The largest absolute Gasteiger partial charge is 0.311 e. The summed E-state index contributed by atoms with van der Waals surface area (Å²) in [6.07, 6.45) is 4.26. The lowest BCUT2D eigenvalue weighted by molar-refractivity contribution is 0.482. The fourth-order valence-electron chi connectivity index (χ4n) is 1.51. The molecule has 86 valence electrons. The number of nitrogens with one attached hydrogen (secondary N) is 1. The van der Waals surface area contributed by atoms with Gasteiger partial charge in [0.2, 0.25) is 0 Å². The fourth-order valence-corrected chi connectivity index (χ4v) is 1.51. The number of rotatable bonds is 7. The van der Waals surface area contributed by atoms with Crippen LogP contribution in [0.5, 0.6) is 0 Å². The summed E-state index contributed by atoms with van der Waals surface area (Å²) in [4.78, 5) is 0. The Kier molecular flexibility index (Phi) is 5.40. The zero-order valence-corrected chi connectivity index (χ0v) is 10.2. The number of nitrogens with zero attached hydrogens (tertiary/aromatic N) is 2. The molecule has 1 rings (SSSR count). The molecule has 0 aliphatic carbocycles. The normalized spacial score (nSPS) is 13.0. The summed E-state index contributed by atoms with van der Waals surface area (Å²) in [7, 11) is 0. The molecule has 0 saturated carbocycles. The molecule has 0 fully saturated rings. The molecule has 1 aromatic heterocycles. The maximum Gasteiger partial charge on any atom is 0.0522 e. The van der Waals surface area contributed by atoms with Gasteiger partial charge in [-0.1, -0.05) is 27.2 Å². The maximum absolute atomic E-state index is 4.30. The third-order valence-electron chi connectivity index (χ3n) is 2.74. The first-order valence-corrected chi connectivity index (χ1v) is 5.99. The SMILES string of the molecule is CCCn1nccc1CNCC(C)CC. The quantitative estimate of drug-likeness (QED) is 0.747. The van der Waals surface area contributed by atoms with Gasteiger partial charge in [0.05, 0.1) is 5.69 Å². The zero-order chi connectivity index (χ0) is 11.1. The summed E-state index contributed by atoms with van der Waals surface area (Å²) < 4.78 is 2.09. The molecule has 1 N–H and O–H groups in total. The molecule has 0 aromatic carbocycles. The Morgan fingerprint density at radius 1 is 1.47 bits per heavy atom. The van der Waals surface area contributed by atoms with Crippen LogP contribution in [0.2, 0.25) is 0 Å². The number of aryl methyl sites for hydroxylation is 1. The van der Waals surface area contributed by atoms with Gasteiger partial charge in [-0.05, 0) is 24.9 Å². The van der Waals surface area contributed by atoms with Crippen molar-refractivity contribution in [3.8, 4) is 0 Å². The smallest absolute Gasteiger partial charge is 0.0522 e. The van der Waals surface area contributed by atoms with Crippen LogP contribution in [0.4, 0.5) is 0 Å². The van der Waals surface area contributed by atoms with E-state index in [1.54, 1.807) is 0 Å². The first-order valence-electron chi connectivity index (χ1n) is 5.99. The molecular formula is C12H23N3. The van der Waals surface area contributed by atoms with Gasteiger partial charge in [0.1, 0.15) is 0 Å². The Bertz CT molecular complexity index is 268. The van der Waals surface area contributed by atoms with Gasteiger partial charge in [-0.2, -0.15) is 5.10 Å². The van der Waals surface area contributed by atoms with Crippen LogP contribution in [0.3, 0.4) is 0 Å². The van der Waals surface area contributed by atoms with Crippen molar-refractivity contribution >= 4 is 0 Å². The van der Waals surface area contributed by atoms with Crippen LogP contribution in [-0.2, 0) is 13.1 Å². The van der Waals surface area contributed by atoms with Gasteiger partial charge in [0.15, 0.2) is 0 Å². The lowest BCUT2D eigenvalue weighted by Gasteiger charge is -2.11. The molecule has 1 unspecified atom stereocenters. The summed E-state index contributed by atoms with van der Waals surface area (Å²) in [6.45, 7) is 9.73. The van der Waals surface area contributed by atoms with Crippen LogP contribution in [0, 0.1) is 5.92 Å². The van der Waals surface area contributed by atoms with Gasteiger partial charge < -0.3 is 5.32 Å². The van der Waals surface area contributed by atoms with E-state index in [0.717, 1.165) is 32.0 Å². The second kappa shape index (κ2) is 6.62. The van der Waals surface area contributed by atoms with Crippen molar-refractivity contribution in [1.29, 1.82) is 0 Å². The van der Waals surface area contributed by atoms with Crippen molar-refractivity contribution in [3.05, 3.63) is 18.0 Å². The minimum atomic E-state index is 0.757. The Morgan fingerprint density at radius 2 is 2.27 bits per heavy atom. The second-order valence-corrected chi connectivity index (χ2v) is 4.19. The molecule has 0 bridgehead atoms. The number of hydrogen-bond donors (Lipinski definition) is 1. The Hall–Kier alpha value is -0.830. The number of hydrogen-bond acceptors (Lipinski definition) is 2. The first kappa shape index (κ1) is 12.2. The van der Waals surface area contributed by atoms with Crippen LogP contribution < -0.4 is 5.32 Å². The van der Waals surface area contributed by atoms with Gasteiger partial charge in [0.25, 0.3) is 0 Å². The van der Waals surface area contributed by atoms with Crippen molar-refractivity contribution < 1.29 is 0 Å².